The van der Waals surface area contributed by atoms with Crippen LogP contribution in [0.4, 0.5) is 0 Å². The topological polar surface area (TPSA) is 29.3 Å². The lowest BCUT2D eigenvalue weighted by Crippen LogP contribution is -2.44. The van der Waals surface area contributed by atoms with Crippen LogP contribution >= 0.6 is 15.9 Å². The summed E-state index contributed by atoms with van der Waals surface area (Å²) in [6, 6.07) is 9.71. The zero-order chi connectivity index (χ0) is 13.8. The highest BCUT2D eigenvalue weighted by molar-refractivity contribution is 9.10. The van der Waals surface area contributed by atoms with Crippen LogP contribution in [0.2, 0.25) is 0 Å². The van der Waals surface area contributed by atoms with Crippen LogP contribution in [-0.4, -0.2) is 24.5 Å². The monoisotopic (exact) mass is 324 g/mol. The Hall–Kier alpha value is -0.380. The Morgan fingerprint density at radius 2 is 2.11 bits per heavy atom. The molecule has 0 saturated heterocycles. The van der Waals surface area contributed by atoms with E-state index in [1.54, 1.807) is 0 Å². The molecule has 2 rings (SSSR count). The molecule has 2 N–H and O–H groups in total. The quantitative estimate of drug-likeness (QED) is 0.908. The van der Waals surface area contributed by atoms with E-state index in [2.05, 4.69) is 59.1 Å². The van der Waals surface area contributed by atoms with E-state index >= 15 is 0 Å². The molecule has 19 heavy (non-hydrogen) atoms. The van der Waals surface area contributed by atoms with Gasteiger partial charge in [-0.25, -0.2) is 0 Å². The van der Waals surface area contributed by atoms with Gasteiger partial charge < -0.3 is 5.73 Å². The van der Waals surface area contributed by atoms with Crippen LogP contribution in [0.15, 0.2) is 28.7 Å². The van der Waals surface area contributed by atoms with Crippen molar-refractivity contribution in [2.45, 2.75) is 44.7 Å². The van der Waals surface area contributed by atoms with Gasteiger partial charge in [-0.15, -0.1) is 0 Å². The minimum absolute atomic E-state index is 0.439. The molecule has 1 aliphatic rings. The fourth-order valence-electron chi connectivity index (χ4n) is 3.29. The van der Waals surface area contributed by atoms with Gasteiger partial charge in [-0.2, -0.15) is 0 Å². The molecule has 0 heterocycles. The molecular formula is C16H25BrN2. The Morgan fingerprint density at radius 1 is 1.37 bits per heavy atom. The van der Waals surface area contributed by atoms with Crippen molar-refractivity contribution >= 4 is 15.9 Å². The highest BCUT2D eigenvalue weighted by Gasteiger charge is 2.29. The summed E-state index contributed by atoms with van der Waals surface area (Å²) in [6.45, 7) is 3.12. The van der Waals surface area contributed by atoms with Crippen molar-refractivity contribution in [1.29, 1.82) is 0 Å². The standard InChI is InChI=1S/C16H25BrN2/c1-12(13-7-5-8-15(17)10-13)19(2)16-9-4-3-6-14(16)11-18/h5,7-8,10,12,14,16H,3-4,6,9,11,18H2,1-2H3. The third-order valence-electron chi connectivity index (χ3n) is 4.64. The highest BCUT2D eigenvalue weighted by atomic mass is 79.9. The van der Waals surface area contributed by atoms with Gasteiger partial charge in [0.15, 0.2) is 0 Å². The molecule has 0 bridgehead atoms. The van der Waals surface area contributed by atoms with Crippen LogP contribution in [0.1, 0.15) is 44.2 Å². The van der Waals surface area contributed by atoms with E-state index in [0.717, 1.165) is 11.0 Å². The molecule has 0 radical (unpaired) electrons. The van der Waals surface area contributed by atoms with Gasteiger partial charge in [-0.3, -0.25) is 4.90 Å². The highest BCUT2D eigenvalue weighted by Crippen LogP contribution is 2.32. The maximum Gasteiger partial charge on any atom is 0.0320 e. The van der Waals surface area contributed by atoms with Crippen molar-refractivity contribution in [3.63, 3.8) is 0 Å². The number of nitrogens with two attached hydrogens (primary N) is 1. The first-order chi connectivity index (χ1) is 9.13. The van der Waals surface area contributed by atoms with Crippen molar-refractivity contribution in [2.75, 3.05) is 13.6 Å². The fourth-order valence-corrected chi connectivity index (χ4v) is 3.70. The molecule has 3 atom stereocenters. The minimum atomic E-state index is 0.439. The third-order valence-corrected chi connectivity index (χ3v) is 5.13. The molecule has 1 aromatic rings. The third kappa shape index (κ3) is 3.59. The molecule has 0 aliphatic heterocycles. The first kappa shape index (κ1) is 15.0. The molecule has 106 valence electrons. The lowest BCUT2D eigenvalue weighted by molar-refractivity contribution is 0.0989. The Labute approximate surface area is 125 Å². The molecule has 3 heteroatoms. The number of rotatable bonds is 4. The van der Waals surface area contributed by atoms with Gasteiger partial charge in [0.05, 0.1) is 0 Å². The van der Waals surface area contributed by atoms with Crippen molar-refractivity contribution < 1.29 is 0 Å². The van der Waals surface area contributed by atoms with Crippen LogP contribution < -0.4 is 5.73 Å². The first-order valence-corrected chi connectivity index (χ1v) is 8.10. The summed E-state index contributed by atoms with van der Waals surface area (Å²) in [4.78, 5) is 2.53. The Morgan fingerprint density at radius 3 is 2.79 bits per heavy atom. The van der Waals surface area contributed by atoms with Crippen LogP contribution in [0.3, 0.4) is 0 Å². The predicted octanol–water partition coefficient (Wildman–Crippen LogP) is 3.96. The molecule has 1 saturated carbocycles. The number of nitrogens with zero attached hydrogens (tertiary/aromatic N) is 1. The number of hydrogen-bond acceptors (Lipinski definition) is 2. The van der Waals surface area contributed by atoms with Gasteiger partial charge in [0.25, 0.3) is 0 Å². The second kappa shape index (κ2) is 6.87. The van der Waals surface area contributed by atoms with E-state index < -0.39 is 0 Å². The summed E-state index contributed by atoms with van der Waals surface area (Å²) in [5.41, 5.74) is 7.33. The summed E-state index contributed by atoms with van der Waals surface area (Å²) in [5, 5.41) is 0. The van der Waals surface area contributed by atoms with Gasteiger partial charge in [0.2, 0.25) is 0 Å². The summed E-state index contributed by atoms with van der Waals surface area (Å²) >= 11 is 3.56. The van der Waals surface area contributed by atoms with E-state index in [1.165, 1.54) is 31.2 Å². The molecule has 0 amide bonds. The smallest absolute Gasteiger partial charge is 0.0320 e. The van der Waals surface area contributed by atoms with E-state index in [1.807, 2.05) is 0 Å². The summed E-state index contributed by atoms with van der Waals surface area (Å²) in [5.74, 6) is 0.661. The summed E-state index contributed by atoms with van der Waals surface area (Å²) in [6.07, 6.45) is 5.27. The average Bonchev–Trinajstić information content (AvgIpc) is 2.45. The minimum Gasteiger partial charge on any atom is -0.330 e. The van der Waals surface area contributed by atoms with Gasteiger partial charge in [0, 0.05) is 16.6 Å². The Balaban J connectivity index is 2.11. The van der Waals surface area contributed by atoms with E-state index in [9.17, 15) is 0 Å². The molecule has 1 fully saturated rings. The second-order valence-corrected chi connectivity index (χ2v) is 6.66. The van der Waals surface area contributed by atoms with Gasteiger partial charge in [-0.1, -0.05) is 40.9 Å². The first-order valence-electron chi connectivity index (χ1n) is 7.31. The zero-order valence-electron chi connectivity index (χ0n) is 12.0. The summed E-state index contributed by atoms with van der Waals surface area (Å²) < 4.78 is 1.16. The summed E-state index contributed by atoms with van der Waals surface area (Å²) in [7, 11) is 2.25. The lowest BCUT2D eigenvalue weighted by Gasteiger charge is -2.40. The maximum absolute atomic E-state index is 5.96. The Kier molecular flexibility index (Phi) is 5.43. The lowest BCUT2D eigenvalue weighted by atomic mass is 9.83. The van der Waals surface area contributed by atoms with E-state index in [0.29, 0.717) is 18.0 Å². The maximum atomic E-state index is 5.96. The van der Waals surface area contributed by atoms with Gasteiger partial charge >= 0.3 is 0 Å². The van der Waals surface area contributed by atoms with Crippen LogP contribution in [-0.2, 0) is 0 Å². The fraction of sp³-hybridized carbons (Fsp3) is 0.625. The number of halogens is 1. The predicted molar refractivity (Wildman–Crippen MR) is 85.1 cm³/mol. The molecule has 0 spiro atoms. The SMILES string of the molecule is CC(c1cccc(Br)c1)N(C)C1CCCCC1CN. The van der Waals surface area contributed by atoms with Crippen molar-refractivity contribution in [1.82, 2.24) is 4.90 Å². The largest absolute Gasteiger partial charge is 0.330 e. The molecule has 3 unspecified atom stereocenters. The molecule has 2 nitrogen and oxygen atoms in total. The van der Waals surface area contributed by atoms with Crippen LogP contribution in [0.5, 0.6) is 0 Å². The molecular weight excluding hydrogens is 300 g/mol. The number of hydrogen-bond donors (Lipinski definition) is 1. The second-order valence-electron chi connectivity index (χ2n) is 5.74. The Bertz CT molecular complexity index is 407. The van der Waals surface area contributed by atoms with E-state index in [-0.39, 0.29) is 0 Å². The van der Waals surface area contributed by atoms with Crippen molar-refractivity contribution in [3.05, 3.63) is 34.3 Å². The molecule has 0 aromatic heterocycles. The van der Waals surface area contributed by atoms with Crippen molar-refractivity contribution in [3.8, 4) is 0 Å². The van der Waals surface area contributed by atoms with Crippen molar-refractivity contribution in [2.24, 2.45) is 11.7 Å². The number of benzene rings is 1. The average molecular weight is 325 g/mol. The van der Waals surface area contributed by atoms with Gasteiger partial charge in [-0.05, 0) is 57.0 Å². The van der Waals surface area contributed by atoms with Crippen LogP contribution in [0.25, 0.3) is 0 Å². The van der Waals surface area contributed by atoms with Gasteiger partial charge in [0.1, 0.15) is 0 Å². The van der Waals surface area contributed by atoms with E-state index in [4.69, 9.17) is 5.73 Å². The van der Waals surface area contributed by atoms with Crippen LogP contribution in [0, 0.1) is 5.92 Å². The molecule has 1 aliphatic carbocycles. The molecule has 1 aromatic carbocycles. The zero-order valence-corrected chi connectivity index (χ0v) is 13.6. The normalized spacial score (nSPS) is 25.5.